The van der Waals surface area contributed by atoms with Gasteiger partial charge < -0.3 is 0 Å². The molecule has 0 bridgehead atoms. The van der Waals surface area contributed by atoms with Gasteiger partial charge in [0.2, 0.25) is 0 Å². The highest BCUT2D eigenvalue weighted by Crippen LogP contribution is 2.30. The smallest absolute Gasteiger partial charge is 0.203 e. The summed E-state index contributed by atoms with van der Waals surface area (Å²) in [6.07, 6.45) is 7.76. The van der Waals surface area contributed by atoms with Gasteiger partial charge in [0.1, 0.15) is 6.20 Å². The van der Waals surface area contributed by atoms with Crippen molar-refractivity contribution in [1.82, 2.24) is 4.98 Å². The van der Waals surface area contributed by atoms with Crippen molar-refractivity contribution < 1.29 is 4.40 Å². The minimum absolute atomic E-state index is 1.01. The average Bonchev–Trinajstić information content (AvgIpc) is 2.64. The number of aromatic nitrogens is 2. The Hall–Kier alpha value is -2.22. The summed E-state index contributed by atoms with van der Waals surface area (Å²) in [5.74, 6) is 0. The lowest BCUT2D eigenvalue weighted by Crippen LogP contribution is -2.23. The van der Waals surface area contributed by atoms with E-state index in [2.05, 4.69) is 47.1 Å². The normalized spacial score (nSPS) is 13.7. The molecule has 2 aromatic heterocycles. The van der Waals surface area contributed by atoms with Gasteiger partial charge >= 0.3 is 5.65 Å². The summed E-state index contributed by atoms with van der Waals surface area (Å²) in [7, 11) is 0. The van der Waals surface area contributed by atoms with E-state index in [1.54, 1.807) is 0 Å². The zero-order valence-corrected chi connectivity index (χ0v) is 10.7. The number of benzene rings is 1. The number of nitrogens with zero attached hydrogens (tertiary/aromatic N) is 2. The summed E-state index contributed by atoms with van der Waals surface area (Å²) < 4.78 is 2.12. The van der Waals surface area contributed by atoms with Crippen LogP contribution in [0.2, 0.25) is 0 Å². The van der Waals surface area contributed by atoms with E-state index in [0.29, 0.717) is 0 Å². The monoisotopic (exact) mass is 247 g/mol. The molecule has 92 valence electrons. The van der Waals surface area contributed by atoms with Crippen molar-refractivity contribution in [3.05, 3.63) is 66.0 Å². The van der Waals surface area contributed by atoms with Crippen LogP contribution in [-0.2, 0) is 12.8 Å². The van der Waals surface area contributed by atoms with Crippen molar-refractivity contribution in [3.8, 4) is 11.3 Å². The summed E-state index contributed by atoms with van der Waals surface area (Å²) in [6.45, 7) is 0. The van der Waals surface area contributed by atoms with E-state index in [0.717, 1.165) is 18.5 Å². The summed E-state index contributed by atoms with van der Waals surface area (Å²) >= 11 is 0. The summed E-state index contributed by atoms with van der Waals surface area (Å²) in [6, 6.07) is 14.8. The van der Waals surface area contributed by atoms with E-state index in [4.69, 9.17) is 4.98 Å². The highest BCUT2D eigenvalue weighted by molar-refractivity contribution is 5.68. The van der Waals surface area contributed by atoms with E-state index < -0.39 is 0 Å². The fourth-order valence-electron chi connectivity index (χ4n) is 2.92. The molecule has 0 aliphatic heterocycles. The SMILES string of the molecule is c1ccc2c(c1)CCCc1c[n+]3ccccc3nc1-2. The van der Waals surface area contributed by atoms with E-state index in [1.807, 2.05) is 12.1 Å². The van der Waals surface area contributed by atoms with Gasteiger partial charge in [-0.15, -0.1) is 0 Å². The topological polar surface area (TPSA) is 17.0 Å². The molecule has 2 nitrogen and oxygen atoms in total. The van der Waals surface area contributed by atoms with Gasteiger partial charge in [-0.3, -0.25) is 0 Å². The van der Waals surface area contributed by atoms with Crippen LogP contribution in [0.4, 0.5) is 0 Å². The zero-order chi connectivity index (χ0) is 12.7. The largest absolute Gasteiger partial charge is 0.328 e. The van der Waals surface area contributed by atoms with E-state index in [9.17, 15) is 0 Å². The van der Waals surface area contributed by atoms with Crippen LogP contribution in [0.3, 0.4) is 0 Å². The first-order valence-corrected chi connectivity index (χ1v) is 6.80. The first-order valence-electron chi connectivity index (χ1n) is 6.80. The molecule has 3 aromatic rings. The highest BCUT2D eigenvalue weighted by Gasteiger charge is 2.21. The number of aryl methyl sites for hydroxylation is 2. The van der Waals surface area contributed by atoms with Gasteiger partial charge in [0.15, 0.2) is 5.69 Å². The fourth-order valence-corrected chi connectivity index (χ4v) is 2.92. The Morgan fingerprint density at radius 2 is 1.74 bits per heavy atom. The molecule has 1 aromatic carbocycles. The second-order valence-corrected chi connectivity index (χ2v) is 5.09. The maximum absolute atomic E-state index is 4.88. The van der Waals surface area contributed by atoms with Crippen LogP contribution in [-0.4, -0.2) is 4.98 Å². The number of hydrogen-bond donors (Lipinski definition) is 0. The Morgan fingerprint density at radius 1 is 0.895 bits per heavy atom. The molecule has 0 atom stereocenters. The van der Waals surface area contributed by atoms with Crippen molar-refractivity contribution in [2.24, 2.45) is 0 Å². The molecule has 1 aliphatic carbocycles. The lowest BCUT2D eigenvalue weighted by Gasteiger charge is -2.03. The van der Waals surface area contributed by atoms with Crippen LogP contribution in [0.5, 0.6) is 0 Å². The molecule has 0 amide bonds. The van der Waals surface area contributed by atoms with Crippen LogP contribution in [0, 0.1) is 0 Å². The minimum Gasteiger partial charge on any atom is -0.203 e. The van der Waals surface area contributed by atoms with Gasteiger partial charge in [-0.2, -0.15) is 0 Å². The number of hydrogen-bond acceptors (Lipinski definition) is 1. The highest BCUT2D eigenvalue weighted by atomic mass is 15.0. The Bertz CT molecular complexity index is 762. The van der Waals surface area contributed by atoms with Crippen LogP contribution < -0.4 is 4.40 Å². The van der Waals surface area contributed by atoms with Crippen molar-refractivity contribution in [2.75, 3.05) is 0 Å². The number of fused-ring (bicyclic) bond motifs is 4. The zero-order valence-electron chi connectivity index (χ0n) is 10.7. The lowest BCUT2D eigenvalue weighted by molar-refractivity contribution is -0.515. The molecule has 19 heavy (non-hydrogen) atoms. The molecule has 0 radical (unpaired) electrons. The lowest BCUT2D eigenvalue weighted by atomic mass is 10.0. The van der Waals surface area contributed by atoms with Gasteiger partial charge in [-0.1, -0.05) is 30.3 Å². The van der Waals surface area contributed by atoms with Crippen molar-refractivity contribution in [2.45, 2.75) is 19.3 Å². The number of rotatable bonds is 0. The Balaban J connectivity index is 2.06. The summed E-state index contributed by atoms with van der Waals surface area (Å²) in [4.78, 5) is 4.88. The third kappa shape index (κ3) is 1.72. The van der Waals surface area contributed by atoms with Gasteiger partial charge in [0, 0.05) is 17.2 Å². The van der Waals surface area contributed by atoms with Crippen molar-refractivity contribution >= 4 is 5.65 Å². The van der Waals surface area contributed by atoms with Gasteiger partial charge in [0.05, 0.1) is 6.20 Å². The molecular formula is C17H15N2+. The van der Waals surface area contributed by atoms with Crippen LogP contribution in [0.25, 0.3) is 16.9 Å². The molecule has 0 saturated heterocycles. The summed E-state index contributed by atoms with van der Waals surface area (Å²) in [5, 5.41) is 0. The van der Waals surface area contributed by atoms with E-state index in [-0.39, 0.29) is 0 Å². The van der Waals surface area contributed by atoms with Crippen molar-refractivity contribution in [1.29, 1.82) is 0 Å². The van der Waals surface area contributed by atoms with Gasteiger partial charge in [0.25, 0.3) is 0 Å². The van der Waals surface area contributed by atoms with Crippen LogP contribution in [0.15, 0.2) is 54.9 Å². The minimum atomic E-state index is 1.01. The molecule has 4 rings (SSSR count). The molecule has 0 N–H and O–H groups in total. The second-order valence-electron chi connectivity index (χ2n) is 5.09. The first-order chi connectivity index (χ1) is 9.42. The Kier molecular flexibility index (Phi) is 2.34. The quantitative estimate of drug-likeness (QED) is 0.558. The third-order valence-corrected chi connectivity index (χ3v) is 3.86. The Morgan fingerprint density at radius 3 is 2.74 bits per heavy atom. The maximum Gasteiger partial charge on any atom is 0.328 e. The van der Waals surface area contributed by atoms with Gasteiger partial charge in [-0.25, -0.2) is 4.40 Å². The average molecular weight is 247 g/mol. The predicted molar refractivity (Wildman–Crippen MR) is 74.9 cm³/mol. The Labute approximate surface area is 112 Å². The van der Waals surface area contributed by atoms with Gasteiger partial charge in [-0.05, 0) is 35.9 Å². The van der Waals surface area contributed by atoms with Crippen molar-refractivity contribution in [3.63, 3.8) is 0 Å². The molecule has 2 heterocycles. The standard InChI is InChI=1S/C17H15N2/c1-2-9-15-13(6-1)7-5-8-14-12-19-11-4-3-10-16(19)18-17(14)15/h1-4,6,9-12H,5,7-8H2/q+1. The summed E-state index contributed by atoms with van der Waals surface area (Å²) in [5.41, 5.74) is 6.27. The number of pyridine rings is 1. The molecular weight excluding hydrogens is 232 g/mol. The first kappa shape index (κ1) is 10.7. The molecule has 2 heteroatoms. The van der Waals surface area contributed by atoms with E-state index >= 15 is 0 Å². The van der Waals surface area contributed by atoms with Crippen LogP contribution in [0.1, 0.15) is 17.5 Å². The van der Waals surface area contributed by atoms with Crippen LogP contribution >= 0.6 is 0 Å². The third-order valence-electron chi connectivity index (χ3n) is 3.86. The second kappa shape index (κ2) is 4.16. The predicted octanol–water partition coefficient (Wildman–Crippen LogP) is 2.98. The maximum atomic E-state index is 4.88. The fraction of sp³-hybridized carbons (Fsp3) is 0.176. The van der Waals surface area contributed by atoms with E-state index in [1.165, 1.54) is 28.8 Å². The molecule has 0 spiro atoms. The molecule has 0 fully saturated rings. The molecule has 0 unspecified atom stereocenters. The molecule has 1 aliphatic rings. The molecule has 0 saturated carbocycles.